The molecule has 1 unspecified atom stereocenters. The summed E-state index contributed by atoms with van der Waals surface area (Å²) in [6.45, 7) is 2.93. The first kappa shape index (κ1) is 13.5. The zero-order chi connectivity index (χ0) is 12.8. The summed E-state index contributed by atoms with van der Waals surface area (Å²) in [5, 5.41) is 7.34. The highest BCUT2D eigenvalue weighted by Gasteiger charge is 2.09. The Balaban J connectivity index is 2.68. The van der Waals surface area contributed by atoms with Gasteiger partial charge < -0.3 is 15.4 Å². The number of hydrogen-bond donors (Lipinski definition) is 2. The van der Waals surface area contributed by atoms with E-state index in [4.69, 9.17) is 15.9 Å². The summed E-state index contributed by atoms with van der Waals surface area (Å²) < 4.78 is 5.08. The van der Waals surface area contributed by atoms with Crippen molar-refractivity contribution in [3.8, 4) is 0 Å². The molecule has 0 aliphatic heterocycles. The van der Waals surface area contributed by atoms with Crippen molar-refractivity contribution in [3.63, 3.8) is 0 Å². The van der Waals surface area contributed by atoms with Crippen LogP contribution in [0.4, 0.5) is 5.69 Å². The van der Waals surface area contributed by atoms with E-state index in [2.05, 4.69) is 18.9 Å². The maximum absolute atomic E-state index is 7.34. The number of nitrogens with two attached hydrogens (primary N) is 1. The van der Waals surface area contributed by atoms with Crippen LogP contribution in [0, 0.1) is 5.41 Å². The molecular weight excluding hydrogens is 214 g/mol. The minimum Gasteiger partial charge on any atom is -0.385 e. The standard InChI is InChI=1S/C13H21N3O/c1-10(8-9-17-3)16(2)12-6-4-11(5-7-12)13(14)15/h4-7,10H,8-9H2,1-3H3,(H3,14,15). The molecule has 1 aromatic rings. The van der Waals surface area contributed by atoms with Crippen LogP contribution in [-0.2, 0) is 4.74 Å². The lowest BCUT2D eigenvalue weighted by molar-refractivity contribution is 0.189. The van der Waals surface area contributed by atoms with Crippen molar-refractivity contribution < 1.29 is 4.74 Å². The largest absolute Gasteiger partial charge is 0.385 e. The summed E-state index contributed by atoms with van der Waals surface area (Å²) in [6, 6.07) is 8.13. The van der Waals surface area contributed by atoms with Gasteiger partial charge in [0.2, 0.25) is 0 Å². The zero-order valence-corrected chi connectivity index (χ0v) is 10.7. The van der Waals surface area contributed by atoms with E-state index >= 15 is 0 Å². The normalized spacial score (nSPS) is 12.2. The molecule has 1 atom stereocenters. The third-order valence-electron chi connectivity index (χ3n) is 2.99. The van der Waals surface area contributed by atoms with E-state index in [0.717, 1.165) is 24.3 Å². The zero-order valence-electron chi connectivity index (χ0n) is 10.7. The molecule has 0 bridgehead atoms. The third kappa shape index (κ3) is 3.75. The van der Waals surface area contributed by atoms with E-state index in [0.29, 0.717) is 6.04 Å². The summed E-state index contributed by atoms with van der Waals surface area (Å²) in [4.78, 5) is 2.20. The summed E-state index contributed by atoms with van der Waals surface area (Å²) in [7, 11) is 3.78. The summed E-state index contributed by atoms with van der Waals surface area (Å²) >= 11 is 0. The van der Waals surface area contributed by atoms with Gasteiger partial charge in [0.1, 0.15) is 5.84 Å². The number of hydrogen-bond acceptors (Lipinski definition) is 3. The van der Waals surface area contributed by atoms with E-state index in [1.165, 1.54) is 0 Å². The topological polar surface area (TPSA) is 62.3 Å². The highest BCUT2D eigenvalue weighted by molar-refractivity contribution is 5.95. The van der Waals surface area contributed by atoms with E-state index in [9.17, 15) is 0 Å². The van der Waals surface area contributed by atoms with Gasteiger partial charge in [-0.05, 0) is 37.6 Å². The number of amidine groups is 1. The SMILES string of the molecule is COCCC(C)N(C)c1ccc(C(=N)N)cc1. The van der Waals surface area contributed by atoms with Gasteiger partial charge in [0.05, 0.1) is 0 Å². The van der Waals surface area contributed by atoms with Crippen LogP contribution in [0.25, 0.3) is 0 Å². The smallest absolute Gasteiger partial charge is 0.122 e. The Bertz CT molecular complexity index is 361. The van der Waals surface area contributed by atoms with Crippen molar-refractivity contribution in [1.82, 2.24) is 0 Å². The number of anilines is 1. The molecule has 0 aromatic heterocycles. The Morgan fingerprint density at radius 2 is 2.00 bits per heavy atom. The van der Waals surface area contributed by atoms with Crippen molar-refractivity contribution in [3.05, 3.63) is 29.8 Å². The molecule has 1 rings (SSSR count). The maximum Gasteiger partial charge on any atom is 0.122 e. The number of rotatable bonds is 6. The van der Waals surface area contributed by atoms with Crippen molar-refractivity contribution in [2.75, 3.05) is 25.7 Å². The average Bonchev–Trinajstić information content (AvgIpc) is 2.35. The number of ether oxygens (including phenoxy) is 1. The summed E-state index contributed by atoms with van der Waals surface area (Å²) in [5.41, 5.74) is 7.30. The van der Waals surface area contributed by atoms with Gasteiger partial charge in [-0.25, -0.2) is 0 Å². The first-order valence-corrected chi connectivity index (χ1v) is 5.72. The second kappa shape index (κ2) is 6.25. The van der Waals surface area contributed by atoms with E-state index in [1.54, 1.807) is 7.11 Å². The molecule has 4 nitrogen and oxygen atoms in total. The van der Waals surface area contributed by atoms with Gasteiger partial charge in [-0.1, -0.05) is 0 Å². The fourth-order valence-electron chi connectivity index (χ4n) is 1.61. The fourth-order valence-corrected chi connectivity index (χ4v) is 1.61. The second-order valence-electron chi connectivity index (χ2n) is 4.20. The van der Waals surface area contributed by atoms with Crippen LogP contribution in [0.5, 0.6) is 0 Å². The lowest BCUT2D eigenvalue weighted by Gasteiger charge is -2.27. The van der Waals surface area contributed by atoms with Gasteiger partial charge in [0.25, 0.3) is 0 Å². The van der Waals surface area contributed by atoms with Crippen molar-refractivity contribution in [1.29, 1.82) is 5.41 Å². The van der Waals surface area contributed by atoms with E-state index in [1.807, 2.05) is 24.3 Å². The van der Waals surface area contributed by atoms with E-state index < -0.39 is 0 Å². The molecule has 17 heavy (non-hydrogen) atoms. The molecule has 0 aliphatic rings. The molecule has 94 valence electrons. The molecule has 0 radical (unpaired) electrons. The van der Waals surface area contributed by atoms with Crippen LogP contribution in [0.1, 0.15) is 18.9 Å². The monoisotopic (exact) mass is 235 g/mol. The first-order valence-electron chi connectivity index (χ1n) is 5.72. The van der Waals surface area contributed by atoms with Crippen LogP contribution < -0.4 is 10.6 Å². The first-order chi connectivity index (χ1) is 8.06. The molecule has 4 heteroatoms. The molecule has 0 spiro atoms. The fraction of sp³-hybridized carbons (Fsp3) is 0.462. The predicted octanol–water partition coefficient (Wildman–Crippen LogP) is 1.83. The van der Waals surface area contributed by atoms with Gasteiger partial charge in [-0.15, -0.1) is 0 Å². The maximum atomic E-state index is 7.34. The number of nitrogens with zero attached hydrogens (tertiary/aromatic N) is 1. The quantitative estimate of drug-likeness (QED) is 0.584. The molecule has 0 fully saturated rings. The highest BCUT2D eigenvalue weighted by atomic mass is 16.5. The number of nitrogens with one attached hydrogen (secondary N) is 1. The average molecular weight is 235 g/mol. The van der Waals surface area contributed by atoms with Crippen molar-refractivity contribution >= 4 is 11.5 Å². The molecular formula is C13H21N3O. The van der Waals surface area contributed by atoms with Crippen molar-refractivity contribution in [2.24, 2.45) is 5.73 Å². The van der Waals surface area contributed by atoms with Crippen LogP contribution in [0.2, 0.25) is 0 Å². The molecule has 1 aromatic carbocycles. The number of benzene rings is 1. The summed E-state index contributed by atoms with van der Waals surface area (Å²) in [5.74, 6) is 0.103. The van der Waals surface area contributed by atoms with Crippen LogP contribution >= 0.6 is 0 Å². The van der Waals surface area contributed by atoms with Crippen LogP contribution in [0.3, 0.4) is 0 Å². The second-order valence-corrected chi connectivity index (χ2v) is 4.20. The van der Waals surface area contributed by atoms with Crippen molar-refractivity contribution in [2.45, 2.75) is 19.4 Å². The molecule has 0 amide bonds. The van der Waals surface area contributed by atoms with Gasteiger partial charge in [-0.2, -0.15) is 0 Å². The van der Waals surface area contributed by atoms with Gasteiger partial charge >= 0.3 is 0 Å². The molecule has 3 N–H and O–H groups in total. The lowest BCUT2D eigenvalue weighted by Crippen LogP contribution is -2.29. The third-order valence-corrected chi connectivity index (χ3v) is 2.99. The molecule has 0 saturated carbocycles. The molecule has 0 heterocycles. The predicted molar refractivity (Wildman–Crippen MR) is 71.8 cm³/mol. The lowest BCUT2D eigenvalue weighted by atomic mass is 10.1. The minimum absolute atomic E-state index is 0.103. The Kier molecular flexibility index (Phi) is 4.97. The Labute approximate surface area is 103 Å². The Morgan fingerprint density at radius 1 is 1.41 bits per heavy atom. The van der Waals surface area contributed by atoms with Crippen LogP contribution in [-0.4, -0.2) is 32.6 Å². The van der Waals surface area contributed by atoms with Gasteiger partial charge in [0, 0.05) is 38.1 Å². The minimum atomic E-state index is 0.103. The number of nitrogen functional groups attached to an aromatic ring is 1. The van der Waals surface area contributed by atoms with Crippen LogP contribution in [0.15, 0.2) is 24.3 Å². The highest BCUT2D eigenvalue weighted by Crippen LogP contribution is 2.17. The molecule has 0 aliphatic carbocycles. The summed E-state index contributed by atoms with van der Waals surface area (Å²) in [6.07, 6.45) is 0.988. The van der Waals surface area contributed by atoms with Gasteiger partial charge in [0.15, 0.2) is 0 Å². The Morgan fingerprint density at radius 3 is 2.47 bits per heavy atom. The van der Waals surface area contributed by atoms with Gasteiger partial charge in [-0.3, -0.25) is 5.41 Å². The van der Waals surface area contributed by atoms with E-state index in [-0.39, 0.29) is 5.84 Å². The Hall–Kier alpha value is -1.55. The molecule has 0 saturated heterocycles. The number of methoxy groups -OCH3 is 1.